The summed E-state index contributed by atoms with van der Waals surface area (Å²) in [6, 6.07) is 0. The minimum absolute atomic E-state index is 0. The van der Waals surface area contributed by atoms with Crippen molar-refractivity contribution in [3.8, 4) is 0 Å². The molecule has 0 N–H and O–H groups in total. The minimum atomic E-state index is 0. The first-order valence-electron chi connectivity index (χ1n) is 14.6. The van der Waals surface area contributed by atoms with Crippen LogP contribution in [0.25, 0.3) is 0 Å². The summed E-state index contributed by atoms with van der Waals surface area (Å²) in [4.78, 5) is 2.28. The van der Waals surface area contributed by atoms with Gasteiger partial charge in [-0.1, -0.05) is 135 Å². The summed E-state index contributed by atoms with van der Waals surface area (Å²) in [6.07, 6.45) is 34.0. The van der Waals surface area contributed by atoms with E-state index in [0.717, 1.165) is 19.6 Å². The average Bonchev–Trinajstić information content (AvgIpc) is 2.80. The van der Waals surface area contributed by atoms with Crippen molar-refractivity contribution in [1.82, 2.24) is 4.90 Å². The molecule has 0 aliphatic heterocycles. The van der Waals surface area contributed by atoms with Gasteiger partial charge in [-0.25, -0.2) is 0 Å². The van der Waals surface area contributed by atoms with Gasteiger partial charge >= 0.3 is 31.1 Å². The van der Waals surface area contributed by atoms with Crippen LogP contribution < -0.4 is 0 Å². The number of hydrogen-bond donors (Lipinski definition) is 0. The predicted octanol–water partition coefficient (Wildman–Crippen LogP) is 9.23. The van der Waals surface area contributed by atoms with Crippen LogP contribution in [-0.4, -0.2) is 42.5 Å². The van der Waals surface area contributed by atoms with E-state index in [9.17, 15) is 0 Å². The summed E-state index contributed by atoms with van der Waals surface area (Å²) in [5.74, 6) is 0. The fourth-order valence-electron chi connectivity index (χ4n) is 4.53. The van der Waals surface area contributed by atoms with Crippen LogP contribution in [0, 0.1) is 45.0 Å². The number of rotatable bonds is 26. The Kier molecular flexibility index (Phi) is 33.0. The zero-order chi connectivity index (χ0) is 23.5. The van der Waals surface area contributed by atoms with Crippen molar-refractivity contribution >= 4 is 6.34 Å². The summed E-state index contributed by atoms with van der Waals surface area (Å²) in [5, 5.41) is 0. The molecule has 0 aromatic carbocycles. The topological polar surface area (TPSA) is 6.25 Å². The standard InChI is InChI=1S/C30H61N2.U/c1-5-8-9-10-11-12-13-14-15-16-17-18-19-20-21-22-23-24-25-26-27-28-29-31(4)30-32(6-2)7-3;/h30H,2-3,5-29H2,1,4H3;/q-1;+2. The van der Waals surface area contributed by atoms with Crippen LogP contribution in [0.1, 0.15) is 148 Å². The maximum absolute atomic E-state index is 3.93. The SMILES string of the molecule is [CH2-]C[N+](=CN(C)CCCCCCCCCCCCCCCCCCCCCCCC)C[CH2-].[U+2]. The Bertz CT molecular complexity index is 377. The van der Waals surface area contributed by atoms with E-state index in [0.29, 0.717) is 0 Å². The zero-order valence-electron chi connectivity index (χ0n) is 23.1. The summed E-state index contributed by atoms with van der Waals surface area (Å²) >= 11 is 0. The van der Waals surface area contributed by atoms with Crippen LogP contribution in [-0.2, 0) is 0 Å². The molecule has 0 aliphatic rings. The van der Waals surface area contributed by atoms with Crippen LogP contribution in [0.4, 0.5) is 0 Å². The Balaban J connectivity index is 0. The van der Waals surface area contributed by atoms with E-state index in [-0.39, 0.29) is 31.1 Å². The van der Waals surface area contributed by atoms with Crippen molar-refractivity contribution in [3.63, 3.8) is 0 Å². The van der Waals surface area contributed by atoms with Crippen LogP contribution in [0.15, 0.2) is 0 Å². The second-order valence-corrected chi connectivity index (χ2v) is 10.1. The van der Waals surface area contributed by atoms with Gasteiger partial charge in [0.1, 0.15) is 0 Å². The first-order chi connectivity index (χ1) is 15.7. The smallest absolute Gasteiger partial charge is 0.327 e. The second kappa shape index (κ2) is 30.6. The number of nitrogens with zero attached hydrogens (tertiary/aromatic N) is 2. The molecule has 0 saturated heterocycles. The van der Waals surface area contributed by atoms with Gasteiger partial charge in [-0.15, -0.1) is 0 Å². The normalized spacial score (nSPS) is 10.8. The molecule has 3 heteroatoms. The van der Waals surface area contributed by atoms with E-state index >= 15 is 0 Å². The molecule has 0 atom stereocenters. The molecular formula is C30H61N2U+. The third kappa shape index (κ3) is 28.6. The maximum atomic E-state index is 3.93. The molecule has 2 nitrogen and oxygen atoms in total. The van der Waals surface area contributed by atoms with Gasteiger partial charge in [0.15, 0.2) is 0 Å². The molecule has 33 heavy (non-hydrogen) atoms. The fraction of sp³-hybridized carbons (Fsp3) is 0.900. The van der Waals surface area contributed by atoms with Gasteiger partial charge in [-0.3, -0.25) is 4.90 Å². The molecule has 0 rings (SSSR count). The summed E-state index contributed by atoms with van der Waals surface area (Å²) < 4.78 is 2.15. The van der Waals surface area contributed by atoms with Crippen LogP contribution in [0.5, 0.6) is 0 Å². The molecule has 0 bridgehead atoms. The molecule has 0 amide bonds. The van der Waals surface area contributed by atoms with Gasteiger partial charge in [-0.05, 0) is 25.9 Å². The van der Waals surface area contributed by atoms with E-state index in [1.807, 2.05) is 0 Å². The molecule has 0 radical (unpaired) electrons. The Hall–Kier alpha value is 0.522. The van der Waals surface area contributed by atoms with E-state index < -0.39 is 0 Å². The van der Waals surface area contributed by atoms with Gasteiger partial charge < -0.3 is 18.4 Å². The minimum Gasteiger partial charge on any atom is -0.327 e. The molecule has 0 aromatic rings. The summed E-state index contributed by atoms with van der Waals surface area (Å²) in [6.45, 7) is 12.9. The van der Waals surface area contributed by atoms with Crippen LogP contribution in [0.2, 0.25) is 0 Å². The Morgan fingerprint density at radius 1 is 0.515 bits per heavy atom. The van der Waals surface area contributed by atoms with Gasteiger partial charge in [0.05, 0.1) is 13.6 Å². The Morgan fingerprint density at radius 2 is 0.788 bits per heavy atom. The fourth-order valence-corrected chi connectivity index (χ4v) is 4.53. The molecule has 0 spiro atoms. The maximum Gasteiger partial charge on any atom is 2.00 e. The third-order valence-corrected chi connectivity index (χ3v) is 6.80. The largest absolute Gasteiger partial charge is 2.00 e. The van der Waals surface area contributed by atoms with Crippen molar-refractivity contribution in [2.75, 3.05) is 26.7 Å². The van der Waals surface area contributed by atoms with E-state index in [1.54, 1.807) is 0 Å². The first kappa shape index (κ1) is 35.7. The van der Waals surface area contributed by atoms with Gasteiger partial charge in [-0.2, -0.15) is 0 Å². The second-order valence-electron chi connectivity index (χ2n) is 10.1. The van der Waals surface area contributed by atoms with Gasteiger partial charge in [0.25, 0.3) is 0 Å². The van der Waals surface area contributed by atoms with Crippen molar-refractivity contribution in [3.05, 3.63) is 13.8 Å². The molecular weight excluding hydrogens is 626 g/mol. The number of hydrogen-bond acceptors (Lipinski definition) is 0. The van der Waals surface area contributed by atoms with Gasteiger partial charge in [0, 0.05) is 0 Å². The van der Waals surface area contributed by atoms with E-state index in [1.165, 1.54) is 141 Å². The predicted molar refractivity (Wildman–Crippen MR) is 147 cm³/mol. The summed E-state index contributed by atoms with van der Waals surface area (Å²) in [7, 11) is 2.16. The molecule has 0 aromatic heterocycles. The summed E-state index contributed by atoms with van der Waals surface area (Å²) in [5.41, 5.74) is 0. The molecule has 194 valence electrons. The van der Waals surface area contributed by atoms with Crippen molar-refractivity contribution < 1.29 is 35.7 Å². The number of unbranched alkanes of at least 4 members (excludes halogenated alkanes) is 21. The van der Waals surface area contributed by atoms with E-state index in [4.69, 9.17) is 0 Å². The van der Waals surface area contributed by atoms with Crippen LogP contribution in [0.3, 0.4) is 0 Å². The average molecular weight is 688 g/mol. The monoisotopic (exact) mass is 688 g/mol. The molecule has 0 saturated carbocycles. The third-order valence-electron chi connectivity index (χ3n) is 6.80. The van der Waals surface area contributed by atoms with Gasteiger partial charge in [0.2, 0.25) is 6.34 Å². The molecule has 0 fully saturated rings. The molecule has 0 heterocycles. The Morgan fingerprint density at radius 3 is 1.06 bits per heavy atom. The van der Waals surface area contributed by atoms with Crippen molar-refractivity contribution in [2.24, 2.45) is 0 Å². The molecule has 0 aliphatic carbocycles. The van der Waals surface area contributed by atoms with E-state index in [2.05, 4.69) is 43.6 Å². The van der Waals surface area contributed by atoms with Crippen molar-refractivity contribution in [1.29, 1.82) is 0 Å². The Labute approximate surface area is 234 Å². The quantitative estimate of drug-likeness (QED) is 0.0289. The zero-order valence-corrected chi connectivity index (χ0v) is 27.2. The van der Waals surface area contributed by atoms with Crippen molar-refractivity contribution in [2.45, 2.75) is 148 Å². The first-order valence-corrected chi connectivity index (χ1v) is 14.6. The van der Waals surface area contributed by atoms with Crippen LogP contribution >= 0.6 is 0 Å². The molecule has 0 unspecified atom stereocenters.